The lowest BCUT2D eigenvalue weighted by molar-refractivity contribution is -0.384. The summed E-state index contributed by atoms with van der Waals surface area (Å²) in [5.41, 5.74) is 0.607. The maximum Gasteiger partial charge on any atom is 0.287 e. The van der Waals surface area contributed by atoms with Gasteiger partial charge in [0.25, 0.3) is 9.48 Å². The van der Waals surface area contributed by atoms with E-state index in [1.54, 1.807) is 0 Å². The number of benzene rings is 1. The highest BCUT2D eigenvalue weighted by molar-refractivity contribution is 6.77. The molecule has 0 unspecified atom stereocenters. The second-order valence-electron chi connectivity index (χ2n) is 4.28. The number of hydrogen-bond donors (Lipinski definition) is 0. The fourth-order valence-corrected chi connectivity index (χ4v) is 2.13. The SMILES string of the molecule is O=C(c1cc([N+](=O)[O-])cn1Cc1ccccc1)C(Cl)(Cl)Cl. The molecule has 1 aromatic carbocycles. The van der Waals surface area contributed by atoms with Crippen molar-refractivity contribution in [1.82, 2.24) is 4.57 Å². The molecule has 0 N–H and O–H groups in total. The highest BCUT2D eigenvalue weighted by Gasteiger charge is 2.35. The van der Waals surface area contributed by atoms with Crippen molar-refractivity contribution in [3.8, 4) is 0 Å². The molecule has 21 heavy (non-hydrogen) atoms. The Balaban J connectivity index is 2.44. The molecule has 110 valence electrons. The van der Waals surface area contributed by atoms with E-state index in [1.165, 1.54) is 10.8 Å². The van der Waals surface area contributed by atoms with Crippen LogP contribution in [0.5, 0.6) is 0 Å². The lowest BCUT2D eigenvalue weighted by atomic mass is 10.2. The first-order chi connectivity index (χ1) is 9.79. The van der Waals surface area contributed by atoms with Crippen molar-refractivity contribution in [2.75, 3.05) is 0 Å². The molecular formula is C13H9Cl3N2O3. The number of rotatable bonds is 4. The number of hydrogen-bond acceptors (Lipinski definition) is 3. The molecule has 0 aliphatic heterocycles. The van der Waals surface area contributed by atoms with E-state index >= 15 is 0 Å². The van der Waals surface area contributed by atoms with Crippen LogP contribution in [0, 0.1) is 10.1 Å². The zero-order chi connectivity index (χ0) is 15.6. The number of carbonyl (C=O) groups is 1. The number of nitrogens with zero attached hydrogens (tertiary/aromatic N) is 2. The van der Waals surface area contributed by atoms with E-state index in [4.69, 9.17) is 34.8 Å². The van der Waals surface area contributed by atoms with Crippen LogP contribution >= 0.6 is 34.8 Å². The Bertz CT molecular complexity index is 678. The molecule has 0 spiro atoms. The molecule has 0 bridgehead atoms. The lowest BCUT2D eigenvalue weighted by Crippen LogP contribution is -2.22. The summed E-state index contributed by atoms with van der Waals surface area (Å²) in [6.45, 7) is 0.260. The van der Waals surface area contributed by atoms with Crippen molar-refractivity contribution < 1.29 is 9.72 Å². The summed E-state index contributed by atoms with van der Waals surface area (Å²) in [4.78, 5) is 22.3. The molecule has 1 heterocycles. The minimum atomic E-state index is -2.17. The van der Waals surface area contributed by atoms with Gasteiger partial charge in [-0.3, -0.25) is 14.9 Å². The maximum absolute atomic E-state index is 12.1. The average molecular weight is 348 g/mol. The van der Waals surface area contributed by atoms with Gasteiger partial charge in [-0.25, -0.2) is 0 Å². The van der Waals surface area contributed by atoms with E-state index in [1.807, 2.05) is 30.3 Å². The van der Waals surface area contributed by atoms with Crippen LogP contribution in [0.25, 0.3) is 0 Å². The van der Waals surface area contributed by atoms with Crippen LogP contribution in [0.2, 0.25) is 0 Å². The van der Waals surface area contributed by atoms with Gasteiger partial charge in [-0.2, -0.15) is 0 Å². The third-order valence-electron chi connectivity index (χ3n) is 2.78. The predicted octanol–water partition coefficient (Wildman–Crippen LogP) is 4.00. The van der Waals surface area contributed by atoms with Crippen LogP contribution in [0.1, 0.15) is 16.1 Å². The van der Waals surface area contributed by atoms with E-state index in [0.717, 1.165) is 11.6 Å². The first kappa shape index (κ1) is 15.8. The second-order valence-corrected chi connectivity index (χ2v) is 6.56. The summed E-state index contributed by atoms with van der Waals surface area (Å²) < 4.78 is -0.766. The van der Waals surface area contributed by atoms with Crippen molar-refractivity contribution >= 4 is 46.3 Å². The van der Waals surface area contributed by atoms with Crippen LogP contribution in [-0.2, 0) is 6.54 Å². The number of nitro groups is 1. The smallest absolute Gasteiger partial charge is 0.287 e. The number of halogens is 3. The minimum Gasteiger partial charge on any atom is -0.334 e. The summed E-state index contributed by atoms with van der Waals surface area (Å²) in [7, 11) is 0. The lowest BCUT2D eigenvalue weighted by Gasteiger charge is -2.12. The van der Waals surface area contributed by atoms with Crippen molar-refractivity contribution in [3.63, 3.8) is 0 Å². The first-order valence-corrected chi connectivity index (χ1v) is 6.92. The quantitative estimate of drug-likeness (QED) is 0.363. The molecule has 2 aromatic rings. The highest BCUT2D eigenvalue weighted by Crippen LogP contribution is 2.32. The Labute approximate surface area is 135 Å². The van der Waals surface area contributed by atoms with Crippen molar-refractivity contribution in [2.24, 2.45) is 0 Å². The zero-order valence-electron chi connectivity index (χ0n) is 10.5. The highest BCUT2D eigenvalue weighted by atomic mass is 35.6. The van der Waals surface area contributed by atoms with Gasteiger partial charge in [0, 0.05) is 12.6 Å². The maximum atomic E-state index is 12.1. The number of carbonyl (C=O) groups excluding carboxylic acids is 1. The zero-order valence-corrected chi connectivity index (χ0v) is 12.8. The van der Waals surface area contributed by atoms with Gasteiger partial charge in [0.05, 0.1) is 16.8 Å². The largest absolute Gasteiger partial charge is 0.334 e. The minimum absolute atomic E-state index is 0.0226. The second kappa shape index (κ2) is 6.05. The molecule has 1 aromatic heterocycles. The normalized spacial score (nSPS) is 11.4. The number of aromatic nitrogens is 1. The monoisotopic (exact) mass is 346 g/mol. The number of alkyl halides is 3. The molecule has 0 aliphatic carbocycles. The predicted molar refractivity (Wildman–Crippen MR) is 81.3 cm³/mol. The molecule has 0 saturated carbocycles. The summed E-state index contributed by atoms with van der Waals surface area (Å²) >= 11 is 16.7. The summed E-state index contributed by atoms with van der Waals surface area (Å²) in [6.07, 6.45) is 1.25. The number of Topliss-reactive ketones (excluding diaryl/α,β-unsaturated/α-hetero) is 1. The Kier molecular flexibility index (Phi) is 4.56. The van der Waals surface area contributed by atoms with Gasteiger partial charge in [-0.1, -0.05) is 65.1 Å². The molecule has 8 heteroatoms. The van der Waals surface area contributed by atoms with Gasteiger partial charge in [0.1, 0.15) is 0 Å². The third-order valence-corrected chi connectivity index (χ3v) is 3.29. The third kappa shape index (κ3) is 3.75. The Morgan fingerprint density at radius 3 is 2.38 bits per heavy atom. The van der Waals surface area contributed by atoms with Crippen LogP contribution in [-0.4, -0.2) is 19.1 Å². The molecule has 0 amide bonds. The van der Waals surface area contributed by atoms with Crippen molar-refractivity contribution in [3.05, 3.63) is 64.0 Å². The Morgan fingerprint density at radius 2 is 1.86 bits per heavy atom. The van der Waals surface area contributed by atoms with Crippen LogP contribution in [0.15, 0.2) is 42.6 Å². The fourth-order valence-electron chi connectivity index (χ4n) is 1.84. The fraction of sp³-hybridized carbons (Fsp3) is 0.154. The van der Waals surface area contributed by atoms with E-state index in [9.17, 15) is 14.9 Å². The van der Waals surface area contributed by atoms with Gasteiger partial charge in [0.2, 0.25) is 5.78 Å². The van der Waals surface area contributed by atoms with Crippen LogP contribution in [0.4, 0.5) is 5.69 Å². The molecule has 0 fully saturated rings. The molecule has 0 radical (unpaired) electrons. The summed E-state index contributed by atoms with van der Waals surface area (Å²) in [5, 5.41) is 10.9. The molecular weight excluding hydrogens is 339 g/mol. The molecule has 0 saturated heterocycles. The summed E-state index contributed by atoms with van der Waals surface area (Å²) in [5.74, 6) is -0.809. The van der Waals surface area contributed by atoms with Gasteiger partial charge in [-0.05, 0) is 5.56 Å². The van der Waals surface area contributed by atoms with Crippen LogP contribution < -0.4 is 0 Å². The van der Waals surface area contributed by atoms with Gasteiger partial charge in [-0.15, -0.1) is 0 Å². The first-order valence-electron chi connectivity index (χ1n) is 5.79. The van der Waals surface area contributed by atoms with E-state index in [2.05, 4.69) is 0 Å². The van der Waals surface area contributed by atoms with Crippen LogP contribution in [0.3, 0.4) is 0 Å². The number of ketones is 1. The van der Waals surface area contributed by atoms with Crippen molar-refractivity contribution in [1.29, 1.82) is 0 Å². The Morgan fingerprint density at radius 1 is 1.24 bits per heavy atom. The van der Waals surface area contributed by atoms with E-state index < -0.39 is 14.5 Å². The topological polar surface area (TPSA) is 65.1 Å². The van der Waals surface area contributed by atoms with E-state index in [-0.39, 0.29) is 17.9 Å². The molecule has 0 atom stereocenters. The molecule has 2 rings (SSSR count). The molecule has 5 nitrogen and oxygen atoms in total. The standard InChI is InChI=1S/C13H9Cl3N2O3/c14-13(15,16)12(19)11-6-10(18(20)21)8-17(11)7-9-4-2-1-3-5-9/h1-6,8H,7H2. The Hall–Kier alpha value is -1.56. The van der Waals surface area contributed by atoms with Gasteiger partial charge in [0.15, 0.2) is 0 Å². The van der Waals surface area contributed by atoms with E-state index in [0.29, 0.717) is 0 Å². The van der Waals surface area contributed by atoms with Crippen molar-refractivity contribution in [2.45, 2.75) is 10.3 Å². The van der Waals surface area contributed by atoms with Gasteiger partial charge >= 0.3 is 0 Å². The van der Waals surface area contributed by atoms with Gasteiger partial charge < -0.3 is 4.57 Å². The average Bonchev–Trinajstić information content (AvgIpc) is 2.82. The summed E-state index contributed by atoms with van der Waals surface area (Å²) in [6, 6.07) is 10.3. The molecule has 0 aliphatic rings.